The van der Waals surface area contributed by atoms with Gasteiger partial charge >= 0.3 is 0 Å². The van der Waals surface area contributed by atoms with Gasteiger partial charge in [-0.2, -0.15) is 5.01 Å². The van der Waals surface area contributed by atoms with E-state index in [0.717, 1.165) is 6.54 Å². The van der Waals surface area contributed by atoms with E-state index < -0.39 is 0 Å². The van der Waals surface area contributed by atoms with Gasteiger partial charge in [0.1, 0.15) is 0 Å². The summed E-state index contributed by atoms with van der Waals surface area (Å²) in [5.41, 5.74) is 3.63. The van der Waals surface area contributed by atoms with Crippen LogP contribution in [0.2, 0.25) is 0 Å². The highest BCUT2D eigenvalue weighted by Crippen LogP contribution is 2.19. The number of hydrazone groups is 1. The standard InChI is InChI=1S/C11H14N3/c1-9-4-10(6-12-5-9)11-7-13(2)14(3)8-11/h4-6,8H,2,7H2,1,3H3/q+1. The zero-order chi connectivity index (χ0) is 10.1. The van der Waals surface area contributed by atoms with Crippen molar-refractivity contribution in [3.05, 3.63) is 35.8 Å². The molecule has 2 rings (SSSR count). The van der Waals surface area contributed by atoms with E-state index in [1.807, 2.05) is 29.1 Å². The lowest BCUT2D eigenvalue weighted by atomic mass is 10.1. The van der Waals surface area contributed by atoms with Crippen molar-refractivity contribution in [2.24, 2.45) is 0 Å². The van der Waals surface area contributed by atoms with Gasteiger partial charge in [-0.25, -0.2) is 0 Å². The number of hydrazine groups is 1. The zero-order valence-electron chi connectivity index (χ0n) is 8.57. The monoisotopic (exact) mass is 188 g/mol. The van der Waals surface area contributed by atoms with Gasteiger partial charge < -0.3 is 0 Å². The molecule has 0 atom stereocenters. The van der Waals surface area contributed by atoms with Crippen molar-refractivity contribution < 1.29 is 4.68 Å². The molecule has 0 saturated heterocycles. The van der Waals surface area contributed by atoms with E-state index in [0.29, 0.717) is 0 Å². The number of aryl methyl sites for hydroxylation is 1. The van der Waals surface area contributed by atoms with Crippen molar-refractivity contribution in [1.82, 2.24) is 9.99 Å². The van der Waals surface area contributed by atoms with Crippen LogP contribution < -0.4 is 0 Å². The molecule has 0 bridgehead atoms. The molecule has 72 valence electrons. The van der Waals surface area contributed by atoms with Crippen LogP contribution in [-0.4, -0.2) is 35.0 Å². The Morgan fingerprint density at radius 3 is 2.86 bits per heavy atom. The van der Waals surface area contributed by atoms with Crippen LogP contribution in [0.25, 0.3) is 5.57 Å². The van der Waals surface area contributed by atoms with Crippen molar-refractivity contribution >= 4 is 12.3 Å². The van der Waals surface area contributed by atoms with Crippen LogP contribution >= 0.6 is 0 Å². The van der Waals surface area contributed by atoms with Gasteiger partial charge in [-0.15, -0.1) is 4.68 Å². The third-order valence-electron chi connectivity index (χ3n) is 2.39. The Hall–Kier alpha value is -1.64. The largest absolute Gasteiger partial charge is 0.264 e. The number of aromatic nitrogens is 1. The van der Waals surface area contributed by atoms with Gasteiger partial charge in [-0.05, 0) is 18.6 Å². The zero-order valence-corrected chi connectivity index (χ0v) is 8.57. The minimum absolute atomic E-state index is 0.849. The average molecular weight is 188 g/mol. The Morgan fingerprint density at radius 2 is 2.29 bits per heavy atom. The van der Waals surface area contributed by atoms with Gasteiger partial charge in [0.2, 0.25) is 0 Å². The molecule has 0 spiro atoms. The molecule has 3 heteroatoms. The van der Waals surface area contributed by atoms with Gasteiger partial charge in [-0.3, -0.25) is 4.98 Å². The maximum absolute atomic E-state index is 4.18. The lowest BCUT2D eigenvalue weighted by Gasteiger charge is -1.99. The van der Waals surface area contributed by atoms with E-state index in [2.05, 4.69) is 30.9 Å². The quantitative estimate of drug-likeness (QED) is 0.619. The van der Waals surface area contributed by atoms with Crippen molar-refractivity contribution in [1.29, 1.82) is 0 Å². The third kappa shape index (κ3) is 1.53. The highest BCUT2D eigenvalue weighted by atomic mass is 15.5. The summed E-state index contributed by atoms with van der Waals surface area (Å²) in [6.07, 6.45) is 5.85. The van der Waals surface area contributed by atoms with E-state index >= 15 is 0 Å². The molecule has 1 aliphatic rings. The summed E-state index contributed by atoms with van der Waals surface area (Å²) >= 11 is 0. The maximum atomic E-state index is 4.18. The topological polar surface area (TPSA) is 19.1 Å². The van der Waals surface area contributed by atoms with Gasteiger partial charge in [0.05, 0.1) is 13.2 Å². The van der Waals surface area contributed by atoms with Crippen LogP contribution in [0, 0.1) is 6.92 Å². The first-order valence-electron chi connectivity index (χ1n) is 4.60. The van der Waals surface area contributed by atoms with Crippen LogP contribution in [0.4, 0.5) is 0 Å². The molecular formula is C11H14N3+. The van der Waals surface area contributed by atoms with Crippen LogP contribution in [-0.2, 0) is 0 Å². The minimum Gasteiger partial charge on any atom is -0.264 e. The molecule has 0 unspecified atom stereocenters. The van der Waals surface area contributed by atoms with Crippen LogP contribution in [0.3, 0.4) is 0 Å². The molecule has 0 N–H and O–H groups in total. The second kappa shape index (κ2) is 3.25. The molecule has 0 radical (unpaired) electrons. The number of pyridine rings is 1. The molecule has 2 heterocycles. The predicted molar refractivity (Wildman–Crippen MR) is 57.0 cm³/mol. The lowest BCUT2D eigenvalue weighted by molar-refractivity contribution is -0.645. The van der Waals surface area contributed by atoms with Crippen molar-refractivity contribution in [2.75, 3.05) is 13.6 Å². The average Bonchev–Trinajstić information content (AvgIpc) is 2.47. The third-order valence-corrected chi connectivity index (χ3v) is 2.39. The summed E-state index contributed by atoms with van der Waals surface area (Å²) in [4.78, 5) is 4.18. The molecule has 0 aromatic carbocycles. The molecule has 1 aromatic heterocycles. The lowest BCUT2D eigenvalue weighted by Crippen LogP contribution is -2.19. The summed E-state index contributed by atoms with van der Waals surface area (Å²) in [7, 11) is 1.99. The molecule has 1 aromatic rings. The highest BCUT2D eigenvalue weighted by molar-refractivity contribution is 5.66. The predicted octanol–water partition coefficient (Wildman–Crippen LogP) is 1.30. The SMILES string of the molecule is C=[N+]1CC(c2cncc(C)c2)=CN1C. The second-order valence-electron chi connectivity index (χ2n) is 3.64. The smallest absolute Gasteiger partial charge is 0.199 e. The van der Waals surface area contributed by atoms with E-state index in [1.54, 1.807) is 0 Å². The van der Waals surface area contributed by atoms with E-state index in [4.69, 9.17) is 0 Å². The molecule has 1 aliphatic heterocycles. The Kier molecular flexibility index (Phi) is 2.08. The fourth-order valence-electron chi connectivity index (χ4n) is 1.55. The van der Waals surface area contributed by atoms with Crippen molar-refractivity contribution in [3.8, 4) is 0 Å². The molecule has 0 saturated carbocycles. The Labute approximate surface area is 84.0 Å². The van der Waals surface area contributed by atoms with Crippen LogP contribution in [0.1, 0.15) is 11.1 Å². The summed E-state index contributed by atoms with van der Waals surface area (Å²) in [6.45, 7) is 6.81. The second-order valence-corrected chi connectivity index (χ2v) is 3.64. The molecule has 0 amide bonds. The first-order valence-corrected chi connectivity index (χ1v) is 4.60. The summed E-state index contributed by atoms with van der Waals surface area (Å²) in [5, 5.41) is 1.98. The number of hydrogen-bond acceptors (Lipinski definition) is 2. The first kappa shape index (κ1) is 8.94. The summed E-state index contributed by atoms with van der Waals surface area (Å²) in [6, 6.07) is 2.14. The number of rotatable bonds is 1. The highest BCUT2D eigenvalue weighted by Gasteiger charge is 2.20. The Bertz CT molecular complexity index is 407. The molecule has 0 aliphatic carbocycles. The summed E-state index contributed by atoms with van der Waals surface area (Å²) < 4.78 is 1.91. The van der Waals surface area contributed by atoms with E-state index in [-0.39, 0.29) is 0 Å². The molecule has 3 nitrogen and oxygen atoms in total. The fraction of sp³-hybridized carbons (Fsp3) is 0.273. The first-order chi connectivity index (χ1) is 6.66. The van der Waals surface area contributed by atoms with Gasteiger partial charge in [-0.1, -0.05) is 0 Å². The fourth-order valence-corrected chi connectivity index (χ4v) is 1.55. The van der Waals surface area contributed by atoms with Crippen molar-refractivity contribution in [3.63, 3.8) is 0 Å². The van der Waals surface area contributed by atoms with Gasteiger partial charge in [0, 0.05) is 23.5 Å². The van der Waals surface area contributed by atoms with Crippen LogP contribution in [0.5, 0.6) is 0 Å². The minimum atomic E-state index is 0.849. The van der Waals surface area contributed by atoms with E-state index in [9.17, 15) is 0 Å². The Balaban J connectivity index is 2.33. The Morgan fingerprint density at radius 1 is 1.50 bits per heavy atom. The van der Waals surface area contributed by atoms with Gasteiger partial charge in [0.25, 0.3) is 0 Å². The van der Waals surface area contributed by atoms with Gasteiger partial charge in [0.15, 0.2) is 13.3 Å². The number of hydrogen-bond donors (Lipinski definition) is 0. The van der Waals surface area contributed by atoms with E-state index in [1.165, 1.54) is 16.7 Å². The number of nitrogens with zero attached hydrogens (tertiary/aromatic N) is 3. The molecule has 0 fully saturated rings. The van der Waals surface area contributed by atoms with Crippen LogP contribution in [0.15, 0.2) is 24.7 Å². The van der Waals surface area contributed by atoms with Crippen molar-refractivity contribution in [2.45, 2.75) is 6.92 Å². The molecular weight excluding hydrogens is 174 g/mol. The molecule has 14 heavy (non-hydrogen) atoms. The maximum Gasteiger partial charge on any atom is 0.199 e. The summed E-state index contributed by atoms with van der Waals surface area (Å²) in [5.74, 6) is 0. The normalized spacial score (nSPS) is 16.0.